The molecule has 2 aliphatic heterocycles. The van der Waals surface area contributed by atoms with Crippen LogP contribution in [0.2, 0.25) is 0 Å². The molecule has 0 saturated carbocycles. The van der Waals surface area contributed by atoms with Gasteiger partial charge in [0.25, 0.3) is 11.8 Å². The highest BCUT2D eigenvalue weighted by atomic mass is 19.1. The summed E-state index contributed by atoms with van der Waals surface area (Å²) in [6, 6.07) is 10.1. The Morgan fingerprint density at radius 1 is 1.32 bits per heavy atom. The molecule has 1 saturated heterocycles. The standard InChI is InChI=1S/C22H21FN4O4/c23-18-9-20-19(26-21(28)13-31-20)8-17(18)22(29)27-10-16(11-27)30-12-14-2-4-15(5-3-14)25-7-1-6-24/h1-9,16,24-25H,10-13H2,(H,26,28)/b7-1-,24-6?. The van der Waals surface area contributed by atoms with E-state index in [9.17, 15) is 14.0 Å². The summed E-state index contributed by atoms with van der Waals surface area (Å²) in [4.78, 5) is 25.6. The number of hydrogen-bond acceptors (Lipinski definition) is 6. The SMILES string of the molecule is N=C/C=C\Nc1ccc(COC2CN(C(=O)c3cc4c(cc3F)OCC(=O)N4)C2)cc1. The highest BCUT2D eigenvalue weighted by molar-refractivity contribution is 6.00. The second-order valence-electron chi connectivity index (χ2n) is 7.18. The first-order chi connectivity index (χ1) is 15.0. The van der Waals surface area contributed by atoms with Gasteiger partial charge in [-0.05, 0) is 29.8 Å². The summed E-state index contributed by atoms with van der Waals surface area (Å²) >= 11 is 0. The molecule has 2 aromatic carbocycles. The average Bonchev–Trinajstić information content (AvgIpc) is 2.73. The zero-order valence-corrected chi connectivity index (χ0v) is 16.6. The Morgan fingerprint density at radius 2 is 2.10 bits per heavy atom. The van der Waals surface area contributed by atoms with Crippen LogP contribution in [0.15, 0.2) is 48.7 Å². The van der Waals surface area contributed by atoms with Gasteiger partial charge in [0.2, 0.25) is 0 Å². The lowest BCUT2D eigenvalue weighted by molar-refractivity contribution is -0.118. The predicted octanol–water partition coefficient (Wildman–Crippen LogP) is 2.77. The van der Waals surface area contributed by atoms with Crippen molar-refractivity contribution in [2.24, 2.45) is 0 Å². The predicted molar refractivity (Wildman–Crippen MR) is 113 cm³/mol. The number of nitrogens with zero attached hydrogens (tertiary/aromatic N) is 1. The minimum absolute atomic E-state index is 0.108. The first-order valence-corrected chi connectivity index (χ1v) is 9.71. The number of amides is 2. The Labute approximate surface area is 178 Å². The molecule has 0 bridgehead atoms. The first kappa shape index (κ1) is 20.5. The van der Waals surface area contributed by atoms with E-state index in [1.165, 1.54) is 17.2 Å². The number of halogens is 1. The summed E-state index contributed by atoms with van der Waals surface area (Å²) in [5.41, 5.74) is 2.07. The molecule has 9 heteroatoms. The zero-order valence-electron chi connectivity index (χ0n) is 16.6. The van der Waals surface area contributed by atoms with E-state index >= 15 is 0 Å². The van der Waals surface area contributed by atoms with E-state index in [1.807, 2.05) is 24.3 Å². The molecule has 0 spiro atoms. The Balaban J connectivity index is 1.28. The quantitative estimate of drug-likeness (QED) is 0.593. The van der Waals surface area contributed by atoms with Crippen LogP contribution < -0.4 is 15.4 Å². The number of fused-ring (bicyclic) bond motifs is 1. The number of ether oxygens (including phenoxy) is 2. The van der Waals surface area contributed by atoms with Crippen LogP contribution in [0.4, 0.5) is 15.8 Å². The fraction of sp³-hybridized carbons (Fsp3) is 0.227. The summed E-state index contributed by atoms with van der Waals surface area (Å²) in [5.74, 6) is -1.27. The largest absolute Gasteiger partial charge is 0.481 e. The van der Waals surface area contributed by atoms with Gasteiger partial charge in [-0.25, -0.2) is 4.39 Å². The number of anilines is 2. The monoisotopic (exact) mass is 424 g/mol. The van der Waals surface area contributed by atoms with Gasteiger partial charge in [0.1, 0.15) is 11.6 Å². The number of likely N-dealkylation sites (tertiary alicyclic amines) is 1. The van der Waals surface area contributed by atoms with E-state index in [0.717, 1.165) is 17.3 Å². The van der Waals surface area contributed by atoms with Gasteiger partial charge in [-0.3, -0.25) is 9.59 Å². The molecule has 0 radical (unpaired) electrons. The van der Waals surface area contributed by atoms with Crippen molar-refractivity contribution in [1.82, 2.24) is 4.90 Å². The normalized spacial score (nSPS) is 15.6. The van der Waals surface area contributed by atoms with Crippen LogP contribution in [0.25, 0.3) is 0 Å². The highest BCUT2D eigenvalue weighted by Gasteiger charge is 2.34. The van der Waals surface area contributed by atoms with Crippen molar-refractivity contribution in [2.45, 2.75) is 12.7 Å². The van der Waals surface area contributed by atoms with Crippen molar-refractivity contribution in [1.29, 1.82) is 5.41 Å². The first-order valence-electron chi connectivity index (χ1n) is 9.71. The van der Waals surface area contributed by atoms with Crippen LogP contribution >= 0.6 is 0 Å². The van der Waals surface area contributed by atoms with Crippen molar-refractivity contribution in [3.05, 3.63) is 65.6 Å². The summed E-state index contributed by atoms with van der Waals surface area (Å²) in [6.07, 6.45) is 4.32. The summed E-state index contributed by atoms with van der Waals surface area (Å²) in [5, 5.41) is 12.6. The molecule has 31 heavy (non-hydrogen) atoms. The minimum Gasteiger partial charge on any atom is -0.481 e. The molecule has 2 amide bonds. The Hall–Kier alpha value is -3.72. The lowest BCUT2D eigenvalue weighted by Crippen LogP contribution is -2.54. The molecule has 0 unspecified atom stereocenters. The highest BCUT2D eigenvalue weighted by Crippen LogP contribution is 2.31. The number of allylic oxidation sites excluding steroid dienone is 1. The topological polar surface area (TPSA) is 104 Å². The van der Waals surface area contributed by atoms with Crippen LogP contribution in [0, 0.1) is 11.2 Å². The van der Waals surface area contributed by atoms with Gasteiger partial charge in [0, 0.05) is 37.3 Å². The summed E-state index contributed by atoms with van der Waals surface area (Å²) in [6.45, 7) is 0.963. The van der Waals surface area contributed by atoms with Gasteiger partial charge in [0.15, 0.2) is 6.61 Å². The molecule has 0 aromatic heterocycles. The van der Waals surface area contributed by atoms with Gasteiger partial charge in [-0.15, -0.1) is 0 Å². The average molecular weight is 424 g/mol. The smallest absolute Gasteiger partial charge is 0.262 e. The van der Waals surface area contributed by atoms with Gasteiger partial charge in [-0.1, -0.05) is 12.1 Å². The van der Waals surface area contributed by atoms with Crippen LogP contribution in [0.1, 0.15) is 15.9 Å². The second kappa shape index (κ2) is 8.97. The molecular formula is C22H21FN4O4. The Morgan fingerprint density at radius 3 is 2.84 bits per heavy atom. The lowest BCUT2D eigenvalue weighted by Gasteiger charge is -2.39. The maximum absolute atomic E-state index is 14.4. The molecule has 4 rings (SSSR count). The van der Waals surface area contributed by atoms with Crippen molar-refractivity contribution in [3.63, 3.8) is 0 Å². The number of carbonyl (C=O) groups is 2. The van der Waals surface area contributed by atoms with Crippen LogP contribution in [-0.4, -0.2) is 48.7 Å². The molecular weight excluding hydrogens is 403 g/mol. The lowest BCUT2D eigenvalue weighted by atomic mass is 10.1. The molecule has 0 aliphatic carbocycles. The molecule has 1 fully saturated rings. The number of rotatable bonds is 7. The molecule has 2 aliphatic rings. The maximum atomic E-state index is 14.4. The van der Waals surface area contributed by atoms with Crippen LogP contribution in [-0.2, 0) is 16.1 Å². The van der Waals surface area contributed by atoms with E-state index in [2.05, 4.69) is 10.6 Å². The van der Waals surface area contributed by atoms with Crippen molar-refractivity contribution in [3.8, 4) is 5.75 Å². The van der Waals surface area contributed by atoms with E-state index in [-0.39, 0.29) is 29.9 Å². The van der Waals surface area contributed by atoms with E-state index < -0.39 is 11.7 Å². The third kappa shape index (κ3) is 4.72. The van der Waals surface area contributed by atoms with E-state index in [4.69, 9.17) is 14.9 Å². The summed E-state index contributed by atoms with van der Waals surface area (Å²) in [7, 11) is 0. The van der Waals surface area contributed by atoms with Gasteiger partial charge in [-0.2, -0.15) is 0 Å². The molecule has 8 nitrogen and oxygen atoms in total. The third-order valence-electron chi connectivity index (χ3n) is 4.95. The van der Waals surface area contributed by atoms with Crippen molar-refractivity contribution >= 4 is 29.4 Å². The van der Waals surface area contributed by atoms with E-state index in [1.54, 1.807) is 12.3 Å². The summed E-state index contributed by atoms with van der Waals surface area (Å²) < 4.78 is 25.3. The van der Waals surface area contributed by atoms with Crippen molar-refractivity contribution < 1.29 is 23.5 Å². The number of benzene rings is 2. The molecule has 2 heterocycles. The van der Waals surface area contributed by atoms with Crippen molar-refractivity contribution in [2.75, 3.05) is 30.3 Å². The maximum Gasteiger partial charge on any atom is 0.262 e. The molecule has 0 atom stereocenters. The fourth-order valence-electron chi connectivity index (χ4n) is 3.25. The molecule has 2 aromatic rings. The Kier molecular flexibility index (Phi) is 5.94. The third-order valence-corrected chi connectivity index (χ3v) is 4.95. The number of hydrogen-bond donors (Lipinski definition) is 3. The van der Waals surface area contributed by atoms with Crippen LogP contribution in [0.3, 0.4) is 0 Å². The number of carbonyl (C=O) groups excluding carboxylic acids is 2. The van der Waals surface area contributed by atoms with Gasteiger partial charge in [0.05, 0.1) is 24.0 Å². The van der Waals surface area contributed by atoms with Crippen LogP contribution in [0.5, 0.6) is 5.75 Å². The molecule has 3 N–H and O–H groups in total. The second-order valence-corrected chi connectivity index (χ2v) is 7.18. The fourth-order valence-corrected chi connectivity index (χ4v) is 3.25. The zero-order chi connectivity index (χ0) is 21.8. The van der Waals surface area contributed by atoms with E-state index in [0.29, 0.717) is 25.4 Å². The minimum atomic E-state index is -0.687. The molecule has 160 valence electrons. The number of nitrogens with one attached hydrogen (secondary N) is 3. The van der Waals surface area contributed by atoms with Gasteiger partial charge < -0.3 is 30.4 Å². The van der Waals surface area contributed by atoms with Gasteiger partial charge >= 0.3 is 0 Å². The Bertz CT molecular complexity index is 1030.